The zero-order valence-corrected chi connectivity index (χ0v) is 33.9. The van der Waals surface area contributed by atoms with Gasteiger partial charge in [-0.15, -0.1) is 0 Å². The fourth-order valence-electron chi connectivity index (χ4n) is 9.35. The SMILES string of the molecule is c1cc(-c2ccc3ccccc3c2)cc(N(c2ccc(-c3ccc(-c4cccc5ccccc45)cc3)cc2)c2ccc(-c3cccc4oc5c6ccccc6ccc5c34)cc2)c1. The lowest BCUT2D eigenvalue weighted by Gasteiger charge is -2.26. The van der Waals surface area contributed by atoms with Gasteiger partial charge in [-0.3, -0.25) is 0 Å². The van der Waals surface area contributed by atoms with Crippen molar-refractivity contribution in [2.75, 3.05) is 4.90 Å². The van der Waals surface area contributed by atoms with Crippen molar-refractivity contribution >= 4 is 71.3 Å². The molecule has 0 saturated heterocycles. The summed E-state index contributed by atoms with van der Waals surface area (Å²) >= 11 is 0. The van der Waals surface area contributed by atoms with Crippen LogP contribution in [-0.2, 0) is 0 Å². The Hall–Kier alpha value is -8.20. The van der Waals surface area contributed by atoms with E-state index in [0.717, 1.165) is 55.5 Å². The van der Waals surface area contributed by atoms with Gasteiger partial charge in [-0.2, -0.15) is 0 Å². The van der Waals surface area contributed by atoms with E-state index in [4.69, 9.17) is 4.42 Å². The Bertz CT molecular complexity index is 3610. The van der Waals surface area contributed by atoms with E-state index in [1.807, 2.05) is 0 Å². The van der Waals surface area contributed by atoms with Gasteiger partial charge in [0.15, 0.2) is 0 Å². The highest BCUT2D eigenvalue weighted by atomic mass is 16.3. The molecule has 12 rings (SSSR count). The molecule has 0 aliphatic heterocycles. The molecule has 0 atom stereocenters. The largest absolute Gasteiger partial charge is 0.455 e. The Kier molecular flexibility index (Phi) is 8.53. The smallest absolute Gasteiger partial charge is 0.143 e. The monoisotopic (exact) mass is 789 g/mol. The van der Waals surface area contributed by atoms with Crippen molar-refractivity contribution in [3.05, 3.63) is 237 Å². The second-order valence-corrected chi connectivity index (χ2v) is 16.1. The van der Waals surface area contributed by atoms with Crippen LogP contribution >= 0.6 is 0 Å². The molecule has 0 fully saturated rings. The van der Waals surface area contributed by atoms with E-state index in [-0.39, 0.29) is 0 Å². The number of anilines is 3. The van der Waals surface area contributed by atoms with Crippen LogP contribution in [-0.4, -0.2) is 0 Å². The lowest BCUT2D eigenvalue weighted by molar-refractivity contribution is 0.673. The third-order valence-corrected chi connectivity index (χ3v) is 12.5. The van der Waals surface area contributed by atoms with Gasteiger partial charge >= 0.3 is 0 Å². The normalized spacial score (nSPS) is 11.5. The van der Waals surface area contributed by atoms with Crippen molar-refractivity contribution < 1.29 is 4.42 Å². The van der Waals surface area contributed by atoms with Crippen LogP contribution in [0.2, 0.25) is 0 Å². The summed E-state index contributed by atoms with van der Waals surface area (Å²) in [5, 5.41) is 9.58. The third-order valence-electron chi connectivity index (χ3n) is 12.5. The highest BCUT2D eigenvalue weighted by molar-refractivity contribution is 6.19. The fraction of sp³-hybridized carbons (Fsp3) is 0. The zero-order valence-electron chi connectivity index (χ0n) is 33.9. The molecule has 1 heterocycles. The summed E-state index contributed by atoms with van der Waals surface area (Å²) in [5.41, 5.74) is 14.6. The Labute approximate surface area is 360 Å². The number of nitrogens with zero attached hydrogens (tertiary/aromatic N) is 1. The molecule has 2 heteroatoms. The first-order chi connectivity index (χ1) is 30.7. The van der Waals surface area contributed by atoms with Gasteiger partial charge in [0.2, 0.25) is 0 Å². The molecule has 0 bridgehead atoms. The summed E-state index contributed by atoms with van der Waals surface area (Å²) in [6, 6.07) is 85.4. The predicted octanol–water partition coefficient (Wildman–Crippen LogP) is 17.2. The molecule has 62 heavy (non-hydrogen) atoms. The molecule has 290 valence electrons. The van der Waals surface area contributed by atoms with Gasteiger partial charge in [0, 0.05) is 33.2 Å². The summed E-state index contributed by atoms with van der Waals surface area (Å²) in [6.07, 6.45) is 0. The highest BCUT2D eigenvalue weighted by Crippen LogP contribution is 2.42. The summed E-state index contributed by atoms with van der Waals surface area (Å²) in [5.74, 6) is 0. The van der Waals surface area contributed by atoms with Crippen molar-refractivity contribution in [3.63, 3.8) is 0 Å². The van der Waals surface area contributed by atoms with E-state index in [1.165, 1.54) is 60.3 Å². The molecule has 0 amide bonds. The first-order valence-electron chi connectivity index (χ1n) is 21.2. The number of rotatable bonds is 7. The quantitative estimate of drug-likeness (QED) is 0.160. The molecule has 11 aromatic carbocycles. The lowest BCUT2D eigenvalue weighted by atomic mass is 9.96. The number of benzene rings is 11. The minimum absolute atomic E-state index is 0.897. The summed E-state index contributed by atoms with van der Waals surface area (Å²) in [4.78, 5) is 2.36. The van der Waals surface area contributed by atoms with E-state index in [2.05, 4.69) is 241 Å². The van der Waals surface area contributed by atoms with Gasteiger partial charge in [-0.25, -0.2) is 0 Å². The molecule has 0 N–H and O–H groups in total. The second-order valence-electron chi connectivity index (χ2n) is 16.1. The maximum atomic E-state index is 6.55. The van der Waals surface area contributed by atoms with Gasteiger partial charge in [0.05, 0.1) is 0 Å². The molecular formula is C60H39NO. The Morgan fingerprint density at radius 3 is 1.56 bits per heavy atom. The van der Waals surface area contributed by atoms with Crippen LogP contribution in [0.15, 0.2) is 241 Å². The van der Waals surface area contributed by atoms with E-state index < -0.39 is 0 Å². The molecule has 12 aromatic rings. The molecule has 0 saturated carbocycles. The van der Waals surface area contributed by atoms with Crippen molar-refractivity contribution in [1.29, 1.82) is 0 Å². The van der Waals surface area contributed by atoms with Gasteiger partial charge in [-0.05, 0) is 126 Å². The molecule has 2 nitrogen and oxygen atoms in total. The maximum absolute atomic E-state index is 6.55. The van der Waals surface area contributed by atoms with Crippen LogP contribution < -0.4 is 4.90 Å². The van der Waals surface area contributed by atoms with E-state index in [0.29, 0.717) is 0 Å². The van der Waals surface area contributed by atoms with Crippen LogP contribution in [0, 0.1) is 0 Å². The van der Waals surface area contributed by atoms with Gasteiger partial charge in [0.1, 0.15) is 11.2 Å². The molecule has 1 aromatic heterocycles. The molecule has 0 spiro atoms. The van der Waals surface area contributed by atoms with Crippen molar-refractivity contribution in [1.82, 2.24) is 0 Å². The van der Waals surface area contributed by atoms with Gasteiger partial charge in [-0.1, -0.05) is 182 Å². The maximum Gasteiger partial charge on any atom is 0.143 e. The van der Waals surface area contributed by atoms with Crippen LogP contribution in [0.1, 0.15) is 0 Å². The molecule has 0 aliphatic carbocycles. The van der Waals surface area contributed by atoms with Crippen LogP contribution in [0.4, 0.5) is 17.1 Å². The number of hydrogen-bond donors (Lipinski definition) is 0. The van der Waals surface area contributed by atoms with E-state index in [9.17, 15) is 0 Å². The van der Waals surface area contributed by atoms with Gasteiger partial charge < -0.3 is 9.32 Å². The minimum atomic E-state index is 0.897. The van der Waals surface area contributed by atoms with Crippen LogP contribution in [0.5, 0.6) is 0 Å². The number of hydrogen-bond acceptors (Lipinski definition) is 2. The number of furan rings is 1. The third kappa shape index (κ3) is 6.20. The standard InChI is InChI=1S/C60H39NO/c1-2-13-47-38-49(27-24-40(47)10-1)48-15-7-16-52(39-48)61(50-33-28-42(29-34-50)41-22-25-45(26-23-41)54-19-8-14-43-11-3-5-17-53(43)54)51-35-30-46(31-36-51)55-20-9-21-58-59(55)57-37-32-44-12-4-6-18-56(44)60(57)62-58/h1-39H. The first kappa shape index (κ1) is 35.7. The summed E-state index contributed by atoms with van der Waals surface area (Å²) < 4.78 is 6.55. The minimum Gasteiger partial charge on any atom is -0.455 e. The molecular weight excluding hydrogens is 751 g/mol. The Morgan fingerprint density at radius 1 is 0.274 bits per heavy atom. The average Bonchev–Trinajstić information content (AvgIpc) is 3.74. The van der Waals surface area contributed by atoms with Crippen molar-refractivity contribution in [2.45, 2.75) is 0 Å². The van der Waals surface area contributed by atoms with E-state index in [1.54, 1.807) is 0 Å². The first-order valence-corrected chi connectivity index (χ1v) is 21.2. The van der Waals surface area contributed by atoms with Crippen LogP contribution in [0.3, 0.4) is 0 Å². The topological polar surface area (TPSA) is 16.4 Å². The van der Waals surface area contributed by atoms with Crippen LogP contribution in [0.25, 0.3) is 98.8 Å². The lowest BCUT2D eigenvalue weighted by Crippen LogP contribution is -2.10. The summed E-state index contributed by atoms with van der Waals surface area (Å²) in [6.45, 7) is 0. The Balaban J connectivity index is 0.930. The second kappa shape index (κ2) is 14.8. The highest BCUT2D eigenvalue weighted by Gasteiger charge is 2.18. The number of fused-ring (bicyclic) bond motifs is 7. The molecule has 0 radical (unpaired) electrons. The zero-order chi connectivity index (χ0) is 41.0. The average molecular weight is 790 g/mol. The van der Waals surface area contributed by atoms with E-state index >= 15 is 0 Å². The van der Waals surface area contributed by atoms with Crippen molar-refractivity contribution in [2.24, 2.45) is 0 Å². The predicted molar refractivity (Wildman–Crippen MR) is 263 cm³/mol. The molecule has 0 unspecified atom stereocenters. The molecule has 0 aliphatic rings. The van der Waals surface area contributed by atoms with Crippen molar-refractivity contribution in [3.8, 4) is 44.5 Å². The fourth-order valence-corrected chi connectivity index (χ4v) is 9.35. The Morgan fingerprint density at radius 2 is 0.790 bits per heavy atom. The summed E-state index contributed by atoms with van der Waals surface area (Å²) in [7, 11) is 0. The van der Waals surface area contributed by atoms with Gasteiger partial charge in [0.25, 0.3) is 0 Å².